The number of hydrogen-bond donors (Lipinski definition) is 1. The van der Waals surface area contributed by atoms with E-state index < -0.39 is 0 Å². The molecule has 0 bridgehead atoms. The Hall–Kier alpha value is -3.26. The van der Waals surface area contributed by atoms with Gasteiger partial charge in [0.25, 0.3) is 11.4 Å². The molecule has 3 aromatic rings. The van der Waals surface area contributed by atoms with E-state index in [0.29, 0.717) is 30.1 Å². The Morgan fingerprint density at radius 3 is 2.79 bits per heavy atom. The zero-order valence-electron chi connectivity index (χ0n) is 16.1. The quantitative estimate of drug-likeness (QED) is 0.673. The third-order valence-corrected chi connectivity index (χ3v) is 4.33. The highest BCUT2D eigenvalue weighted by Crippen LogP contribution is 2.16. The number of anilines is 1. The van der Waals surface area contributed by atoms with Gasteiger partial charge in [0.1, 0.15) is 6.54 Å². The predicted molar refractivity (Wildman–Crippen MR) is 104 cm³/mol. The van der Waals surface area contributed by atoms with Crippen LogP contribution in [0.3, 0.4) is 0 Å². The Morgan fingerprint density at radius 1 is 1.21 bits per heavy atom. The molecule has 0 atom stereocenters. The second-order valence-corrected chi connectivity index (χ2v) is 6.49. The molecule has 8 heteroatoms. The van der Waals surface area contributed by atoms with Crippen molar-refractivity contribution in [2.75, 3.05) is 19.0 Å². The number of carbonyl (C=O) groups is 1. The van der Waals surface area contributed by atoms with Gasteiger partial charge in [-0.05, 0) is 43.2 Å². The maximum Gasteiger partial charge on any atom is 0.259 e. The summed E-state index contributed by atoms with van der Waals surface area (Å²) in [6, 6.07) is 8.63. The van der Waals surface area contributed by atoms with E-state index in [4.69, 9.17) is 9.26 Å². The second kappa shape index (κ2) is 8.62. The van der Waals surface area contributed by atoms with E-state index in [2.05, 4.69) is 15.5 Å². The van der Waals surface area contributed by atoms with Crippen molar-refractivity contribution in [2.24, 2.45) is 0 Å². The number of benzene rings is 1. The third-order valence-electron chi connectivity index (χ3n) is 4.33. The number of nitrogens with one attached hydrogen (secondary N) is 1. The lowest BCUT2D eigenvalue weighted by atomic mass is 10.1. The smallest absolute Gasteiger partial charge is 0.259 e. The summed E-state index contributed by atoms with van der Waals surface area (Å²) < 4.78 is 11.5. The first-order valence-corrected chi connectivity index (χ1v) is 8.86. The Bertz CT molecular complexity index is 1040. The van der Waals surface area contributed by atoms with Crippen molar-refractivity contribution in [1.82, 2.24) is 14.7 Å². The van der Waals surface area contributed by atoms with E-state index in [1.807, 2.05) is 32.0 Å². The molecule has 1 aromatic carbocycles. The van der Waals surface area contributed by atoms with Crippen molar-refractivity contribution >= 4 is 11.6 Å². The summed E-state index contributed by atoms with van der Waals surface area (Å²) >= 11 is 0. The number of ether oxygens (including phenoxy) is 1. The fourth-order valence-electron chi connectivity index (χ4n) is 2.62. The minimum absolute atomic E-state index is 0.121. The molecular weight excluding hydrogens is 360 g/mol. The molecule has 0 aliphatic heterocycles. The van der Waals surface area contributed by atoms with Crippen LogP contribution in [0, 0.1) is 13.8 Å². The fourth-order valence-corrected chi connectivity index (χ4v) is 2.62. The minimum Gasteiger partial charge on any atom is -0.384 e. The number of aryl methyl sites for hydroxylation is 2. The molecule has 0 unspecified atom stereocenters. The normalized spacial score (nSPS) is 10.8. The summed E-state index contributed by atoms with van der Waals surface area (Å²) in [5.74, 6) is 0.505. The molecular formula is C20H22N4O4. The summed E-state index contributed by atoms with van der Waals surface area (Å²) in [6.45, 7) is 4.34. The van der Waals surface area contributed by atoms with Crippen LogP contribution in [0.4, 0.5) is 5.69 Å². The van der Waals surface area contributed by atoms with Crippen molar-refractivity contribution in [3.05, 3.63) is 63.8 Å². The lowest BCUT2D eigenvalue weighted by molar-refractivity contribution is -0.116. The summed E-state index contributed by atoms with van der Waals surface area (Å²) in [4.78, 5) is 28.8. The maximum atomic E-state index is 12.4. The first kappa shape index (κ1) is 19.5. The maximum absolute atomic E-state index is 12.4. The Balaban J connectivity index is 1.74. The van der Waals surface area contributed by atoms with Crippen LogP contribution in [0.25, 0.3) is 11.5 Å². The zero-order valence-corrected chi connectivity index (χ0v) is 16.1. The van der Waals surface area contributed by atoms with Crippen molar-refractivity contribution < 1.29 is 14.1 Å². The summed E-state index contributed by atoms with van der Waals surface area (Å²) in [6.07, 6.45) is 2.06. The standard InChI is InChI=1S/C20H22N4O4/c1-13-4-6-16(10-14(13)2)21-18(25)12-24-11-15(5-7-19(24)26)20-22-17(23-28-20)8-9-27-3/h4-7,10-11H,8-9,12H2,1-3H3,(H,21,25). The van der Waals surface area contributed by atoms with Gasteiger partial charge in [0.15, 0.2) is 5.82 Å². The molecule has 0 saturated carbocycles. The van der Waals surface area contributed by atoms with Crippen LogP contribution in [0.1, 0.15) is 17.0 Å². The topological polar surface area (TPSA) is 99.3 Å². The van der Waals surface area contributed by atoms with E-state index >= 15 is 0 Å². The molecule has 1 N–H and O–H groups in total. The van der Waals surface area contributed by atoms with Crippen molar-refractivity contribution in [3.8, 4) is 11.5 Å². The number of aromatic nitrogens is 3. The summed E-state index contributed by atoms with van der Waals surface area (Å²) in [7, 11) is 1.60. The molecule has 0 aliphatic rings. The number of pyridine rings is 1. The van der Waals surface area contributed by atoms with E-state index in [-0.39, 0.29) is 23.9 Å². The van der Waals surface area contributed by atoms with Gasteiger partial charge in [-0.3, -0.25) is 9.59 Å². The summed E-state index contributed by atoms with van der Waals surface area (Å²) in [5.41, 5.74) is 3.19. The van der Waals surface area contributed by atoms with Gasteiger partial charge in [0.2, 0.25) is 5.91 Å². The average Bonchev–Trinajstić information content (AvgIpc) is 3.14. The third kappa shape index (κ3) is 4.72. The van der Waals surface area contributed by atoms with Gasteiger partial charge in [0.05, 0.1) is 12.2 Å². The van der Waals surface area contributed by atoms with Gasteiger partial charge < -0.3 is 19.1 Å². The fraction of sp³-hybridized carbons (Fsp3) is 0.300. The largest absolute Gasteiger partial charge is 0.384 e. The minimum atomic E-state index is -0.297. The monoisotopic (exact) mass is 382 g/mol. The predicted octanol–water partition coefficient (Wildman–Crippen LogP) is 2.34. The molecule has 2 heterocycles. The second-order valence-electron chi connectivity index (χ2n) is 6.49. The highest BCUT2D eigenvalue weighted by Gasteiger charge is 2.12. The van der Waals surface area contributed by atoms with Gasteiger partial charge in [-0.1, -0.05) is 11.2 Å². The molecule has 8 nitrogen and oxygen atoms in total. The molecule has 3 rings (SSSR count). The molecule has 2 aromatic heterocycles. The lowest BCUT2D eigenvalue weighted by Crippen LogP contribution is -2.26. The van der Waals surface area contributed by atoms with Crippen molar-refractivity contribution in [3.63, 3.8) is 0 Å². The number of methoxy groups -OCH3 is 1. The van der Waals surface area contributed by atoms with Crippen LogP contribution < -0.4 is 10.9 Å². The molecule has 0 radical (unpaired) electrons. The first-order valence-electron chi connectivity index (χ1n) is 8.86. The first-order chi connectivity index (χ1) is 13.5. The van der Waals surface area contributed by atoms with Gasteiger partial charge in [0, 0.05) is 31.5 Å². The highest BCUT2D eigenvalue weighted by molar-refractivity contribution is 5.90. The molecule has 0 saturated heterocycles. The number of rotatable bonds is 7. The van der Waals surface area contributed by atoms with Gasteiger partial charge in [-0.25, -0.2) is 0 Å². The Labute approximate surface area is 162 Å². The van der Waals surface area contributed by atoms with Crippen LogP contribution in [0.2, 0.25) is 0 Å². The number of nitrogens with zero attached hydrogens (tertiary/aromatic N) is 3. The molecule has 1 amide bonds. The Kier molecular flexibility index (Phi) is 6.00. The Morgan fingerprint density at radius 2 is 2.04 bits per heavy atom. The van der Waals surface area contributed by atoms with Crippen LogP contribution in [0.15, 0.2) is 45.8 Å². The van der Waals surface area contributed by atoms with Crippen LogP contribution in [-0.4, -0.2) is 34.3 Å². The van der Waals surface area contributed by atoms with Gasteiger partial charge in [-0.2, -0.15) is 4.98 Å². The molecule has 0 spiro atoms. The van der Waals surface area contributed by atoms with E-state index in [0.717, 1.165) is 11.1 Å². The van der Waals surface area contributed by atoms with E-state index in [1.165, 1.54) is 16.8 Å². The van der Waals surface area contributed by atoms with Crippen LogP contribution in [0.5, 0.6) is 0 Å². The highest BCUT2D eigenvalue weighted by atomic mass is 16.5. The average molecular weight is 382 g/mol. The van der Waals surface area contributed by atoms with Crippen LogP contribution >= 0.6 is 0 Å². The van der Waals surface area contributed by atoms with Gasteiger partial charge in [-0.15, -0.1) is 0 Å². The van der Waals surface area contributed by atoms with Crippen LogP contribution in [-0.2, 0) is 22.5 Å². The molecule has 0 aliphatic carbocycles. The van der Waals surface area contributed by atoms with E-state index in [1.54, 1.807) is 13.2 Å². The van der Waals surface area contributed by atoms with Crippen molar-refractivity contribution in [2.45, 2.75) is 26.8 Å². The number of hydrogen-bond acceptors (Lipinski definition) is 6. The molecule has 146 valence electrons. The number of amides is 1. The lowest BCUT2D eigenvalue weighted by Gasteiger charge is -2.09. The molecule has 0 fully saturated rings. The zero-order chi connectivity index (χ0) is 20.1. The molecule has 28 heavy (non-hydrogen) atoms. The van der Waals surface area contributed by atoms with E-state index in [9.17, 15) is 9.59 Å². The number of carbonyl (C=O) groups excluding carboxylic acids is 1. The summed E-state index contributed by atoms with van der Waals surface area (Å²) in [5, 5.41) is 6.69. The SMILES string of the molecule is COCCc1noc(-c2ccc(=O)n(CC(=O)Nc3ccc(C)c(C)c3)c2)n1. The van der Waals surface area contributed by atoms with Crippen molar-refractivity contribution in [1.29, 1.82) is 0 Å². The van der Waals surface area contributed by atoms with Gasteiger partial charge >= 0.3 is 0 Å².